The molecule has 2 heterocycles. The first-order valence-electron chi connectivity index (χ1n) is 4.36. The Hall–Kier alpha value is -0.610. The average molecular weight is 203 g/mol. The molecule has 1 fully saturated rings. The maximum atomic E-state index is 5.55. The van der Waals surface area contributed by atoms with Crippen molar-refractivity contribution >= 4 is 11.6 Å². The van der Waals surface area contributed by atoms with Crippen LogP contribution in [0.3, 0.4) is 0 Å². The molecule has 0 bridgehead atoms. The van der Waals surface area contributed by atoms with E-state index in [1.165, 1.54) is 0 Å². The van der Waals surface area contributed by atoms with Gasteiger partial charge in [-0.15, -0.1) is 21.8 Å². The SMILES string of the molecule is ClCCc1nnc(C2CCOC2)o1. The Labute approximate surface area is 81.2 Å². The zero-order chi connectivity index (χ0) is 9.10. The highest BCUT2D eigenvalue weighted by Gasteiger charge is 2.23. The van der Waals surface area contributed by atoms with Crippen molar-refractivity contribution in [2.75, 3.05) is 19.1 Å². The van der Waals surface area contributed by atoms with Gasteiger partial charge in [-0.3, -0.25) is 0 Å². The molecule has 1 aromatic rings. The van der Waals surface area contributed by atoms with Crippen LogP contribution in [0.25, 0.3) is 0 Å². The molecule has 0 saturated carbocycles. The largest absolute Gasteiger partial charge is 0.425 e. The van der Waals surface area contributed by atoms with Crippen molar-refractivity contribution in [3.8, 4) is 0 Å². The van der Waals surface area contributed by atoms with Crippen LogP contribution in [0.15, 0.2) is 4.42 Å². The number of hydrogen-bond donors (Lipinski definition) is 0. The molecular formula is C8H11ClN2O2. The van der Waals surface area contributed by atoms with Gasteiger partial charge in [-0.2, -0.15) is 0 Å². The molecule has 1 aromatic heterocycles. The van der Waals surface area contributed by atoms with Crippen LogP contribution >= 0.6 is 11.6 Å². The van der Waals surface area contributed by atoms with Gasteiger partial charge in [0.15, 0.2) is 0 Å². The first kappa shape index (κ1) is 8.97. The highest BCUT2D eigenvalue weighted by Crippen LogP contribution is 2.23. The lowest BCUT2D eigenvalue weighted by molar-refractivity contribution is 0.190. The third kappa shape index (κ3) is 2.00. The van der Waals surface area contributed by atoms with Crippen molar-refractivity contribution in [2.45, 2.75) is 18.8 Å². The van der Waals surface area contributed by atoms with Crippen LogP contribution in [0.2, 0.25) is 0 Å². The van der Waals surface area contributed by atoms with Crippen LogP contribution in [0, 0.1) is 0 Å². The van der Waals surface area contributed by atoms with Gasteiger partial charge in [-0.25, -0.2) is 0 Å². The van der Waals surface area contributed by atoms with Gasteiger partial charge in [0.05, 0.1) is 12.5 Å². The highest BCUT2D eigenvalue weighted by atomic mass is 35.5. The summed E-state index contributed by atoms with van der Waals surface area (Å²) in [5, 5.41) is 7.86. The standard InChI is InChI=1S/C8H11ClN2O2/c9-3-1-7-10-11-8(13-7)6-2-4-12-5-6/h6H,1-5H2. The molecule has 1 aliphatic rings. The van der Waals surface area contributed by atoms with Gasteiger partial charge in [0.1, 0.15) is 0 Å². The normalized spacial score (nSPS) is 22.4. The summed E-state index contributed by atoms with van der Waals surface area (Å²) in [6.07, 6.45) is 1.62. The van der Waals surface area contributed by atoms with Gasteiger partial charge in [-0.05, 0) is 6.42 Å². The Balaban J connectivity index is 2.03. The number of rotatable bonds is 3. The predicted octanol–water partition coefficient (Wildman–Crippen LogP) is 1.35. The second kappa shape index (κ2) is 4.07. The Morgan fingerprint density at radius 2 is 2.38 bits per heavy atom. The number of aryl methyl sites for hydroxylation is 1. The van der Waals surface area contributed by atoms with Crippen LogP contribution in [-0.2, 0) is 11.2 Å². The Morgan fingerprint density at radius 1 is 1.46 bits per heavy atom. The molecular weight excluding hydrogens is 192 g/mol. The summed E-state index contributed by atoms with van der Waals surface area (Å²) in [4.78, 5) is 0. The lowest BCUT2D eigenvalue weighted by atomic mass is 10.1. The lowest BCUT2D eigenvalue weighted by Gasteiger charge is -1.98. The van der Waals surface area contributed by atoms with Crippen molar-refractivity contribution in [2.24, 2.45) is 0 Å². The summed E-state index contributed by atoms with van der Waals surface area (Å²) < 4.78 is 10.6. The molecule has 0 aliphatic carbocycles. The van der Waals surface area contributed by atoms with E-state index in [2.05, 4.69) is 10.2 Å². The number of halogens is 1. The molecule has 0 radical (unpaired) electrons. The number of hydrogen-bond acceptors (Lipinski definition) is 4. The van der Waals surface area contributed by atoms with Crippen LogP contribution in [0.4, 0.5) is 0 Å². The lowest BCUT2D eigenvalue weighted by Crippen LogP contribution is -1.97. The number of ether oxygens (including phenoxy) is 1. The fraction of sp³-hybridized carbons (Fsp3) is 0.750. The highest BCUT2D eigenvalue weighted by molar-refractivity contribution is 6.17. The van der Waals surface area contributed by atoms with Gasteiger partial charge in [0, 0.05) is 18.9 Å². The van der Waals surface area contributed by atoms with Gasteiger partial charge in [-0.1, -0.05) is 0 Å². The van der Waals surface area contributed by atoms with E-state index in [4.69, 9.17) is 20.8 Å². The van der Waals surface area contributed by atoms with Crippen molar-refractivity contribution < 1.29 is 9.15 Å². The van der Waals surface area contributed by atoms with Crippen LogP contribution in [0.5, 0.6) is 0 Å². The molecule has 1 unspecified atom stereocenters. The Morgan fingerprint density at radius 3 is 3.08 bits per heavy atom. The van der Waals surface area contributed by atoms with Crippen molar-refractivity contribution in [3.05, 3.63) is 11.8 Å². The van der Waals surface area contributed by atoms with Crippen molar-refractivity contribution in [3.63, 3.8) is 0 Å². The monoisotopic (exact) mass is 202 g/mol. The number of alkyl halides is 1. The summed E-state index contributed by atoms with van der Waals surface area (Å²) in [7, 11) is 0. The van der Waals surface area contributed by atoms with E-state index < -0.39 is 0 Å². The molecule has 13 heavy (non-hydrogen) atoms. The van der Waals surface area contributed by atoms with Gasteiger partial charge < -0.3 is 9.15 Å². The maximum absolute atomic E-state index is 5.55. The summed E-state index contributed by atoms with van der Waals surface area (Å²) in [5.74, 6) is 2.12. The van der Waals surface area contributed by atoms with E-state index in [1.807, 2.05) is 0 Å². The minimum Gasteiger partial charge on any atom is -0.425 e. The van der Waals surface area contributed by atoms with Gasteiger partial charge in [0.2, 0.25) is 11.8 Å². The van der Waals surface area contributed by atoms with Crippen LogP contribution in [-0.4, -0.2) is 29.3 Å². The molecule has 2 rings (SSSR count). The predicted molar refractivity (Wildman–Crippen MR) is 46.9 cm³/mol. The molecule has 4 nitrogen and oxygen atoms in total. The molecule has 0 spiro atoms. The fourth-order valence-electron chi connectivity index (χ4n) is 1.34. The molecule has 1 saturated heterocycles. The van der Waals surface area contributed by atoms with Crippen molar-refractivity contribution in [1.82, 2.24) is 10.2 Å². The number of aromatic nitrogens is 2. The summed E-state index contributed by atoms with van der Waals surface area (Å²) in [6.45, 7) is 1.49. The van der Waals surface area contributed by atoms with E-state index in [1.54, 1.807) is 0 Å². The zero-order valence-corrected chi connectivity index (χ0v) is 7.96. The summed E-state index contributed by atoms with van der Waals surface area (Å²) >= 11 is 5.55. The number of nitrogens with zero attached hydrogens (tertiary/aromatic N) is 2. The molecule has 5 heteroatoms. The Bertz CT molecular complexity index is 271. The van der Waals surface area contributed by atoms with E-state index in [-0.39, 0.29) is 5.92 Å². The third-order valence-electron chi connectivity index (χ3n) is 2.07. The molecule has 1 aliphatic heterocycles. The van der Waals surface area contributed by atoms with Gasteiger partial charge in [0.25, 0.3) is 0 Å². The third-order valence-corrected chi connectivity index (χ3v) is 2.26. The first-order chi connectivity index (χ1) is 6.40. The van der Waals surface area contributed by atoms with E-state index in [0.717, 1.165) is 13.0 Å². The Kier molecular flexibility index (Phi) is 2.80. The minimum atomic E-state index is 0.288. The minimum absolute atomic E-state index is 0.288. The smallest absolute Gasteiger partial charge is 0.222 e. The van der Waals surface area contributed by atoms with Crippen molar-refractivity contribution in [1.29, 1.82) is 0 Å². The second-order valence-corrected chi connectivity index (χ2v) is 3.41. The first-order valence-corrected chi connectivity index (χ1v) is 4.89. The summed E-state index contributed by atoms with van der Waals surface area (Å²) in [5.41, 5.74) is 0. The van der Waals surface area contributed by atoms with Crippen LogP contribution < -0.4 is 0 Å². The second-order valence-electron chi connectivity index (χ2n) is 3.03. The zero-order valence-electron chi connectivity index (χ0n) is 7.20. The fourth-order valence-corrected chi connectivity index (χ4v) is 1.50. The van der Waals surface area contributed by atoms with Gasteiger partial charge >= 0.3 is 0 Å². The molecule has 1 atom stereocenters. The average Bonchev–Trinajstić information content (AvgIpc) is 2.70. The molecule has 0 aromatic carbocycles. The van der Waals surface area contributed by atoms with Crippen LogP contribution in [0.1, 0.15) is 24.1 Å². The molecule has 72 valence electrons. The molecule has 0 N–H and O–H groups in total. The van der Waals surface area contributed by atoms with E-state index >= 15 is 0 Å². The topological polar surface area (TPSA) is 48.2 Å². The van der Waals surface area contributed by atoms with E-state index in [0.29, 0.717) is 30.7 Å². The quantitative estimate of drug-likeness (QED) is 0.695. The molecule has 0 amide bonds. The summed E-state index contributed by atoms with van der Waals surface area (Å²) in [6, 6.07) is 0. The maximum Gasteiger partial charge on any atom is 0.222 e. The van der Waals surface area contributed by atoms with E-state index in [9.17, 15) is 0 Å².